The number of nitrogens with one attached hydrogen (secondary N) is 2. The molecule has 0 spiro atoms. The highest BCUT2D eigenvalue weighted by molar-refractivity contribution is 7.98. The second-order valence-corrected chi connectivity index (χ2v) is 9.82. The molecule has 2 atom stereocenters. The van der Waals surface area contributed by atoms with Gasteiger partial charge >= 0.3 is 12.1 Å². The lowest BCUT2D eigenvalue weighted by atomic mass is 9.98. The third-order valence-electron chi connectivity index (χ3n) is 5.88. The molecule has 0 saturated heterocycles. The predicted molar refractivity (Wildman–Crippen MR) is 134 cm³/mol. The van der Waals surface area contributed by atoms with E-state index in [0.717, 1.165) is 22.3 Å². The van der Waals surface area contributed by atoms with E-state index in [2.05, 4.69) is 22.8 Å². The van der Waals surface area contributed by atoms with Crippen molar-refractivity contribution < 1.29 is 24.2 Å². The van der Waals surface area contributed by atoms with Crippen molar-refractivity contribution in [3.63, 3.8) is 0 Å². The van der Waals surface area contributed by atoms with Crippen LogP contribution in [-0.2, 0) is 14.3 Å². The number of carbonyl (C=O) groups excluding carboxylic acids is 2. The molecule has 1 aliphatic carbocycles. The maximum Gasteiger partial charge on any atom is 0.407 e. The van der Waals surface area contributed by atoms with Crippen LogP contribution in [0.15, 0.2) is 48.5 Å². The first kappa shape index (κ1) is 25.6. The number of aliphatic carboxylic acids is 1. The highest BCUT2D eigenvalue weighted by atomic mass is 32.2. The van der Waals surface area contributed by atoms with Gasteiger partial charge in [0.25, 0.3) is 0 Å². The molecule has 0 aliphatic heterocycles. The fraction of sp³-hybridized carbons (Fsp3) is 0.423. The predicted octanol–water partition coefficient (Wildman–Crippen LogP) is 4.26. The van der Waals surface area contributed by atoms with Crippen LogP contribution < -0.4 is 10.6 Å². The molecule has 0 saturated carbocycles. The average Bonchev–Trinajstić information content (AvgIpc) is 3.13. The van der Waals surface area contributed by atoms with E-state index in [-0.39, 0.29) is 18.4 Å². The van der Waals surface area contributed by atoms with E-state index in [9.17, 15) is 19.5 Å². The van der Waals surface area contributed by atoms with Gasteiger partial charge in [0, 0.05) is 5.92 Å². The Morgan fingerprint density at radius 2 is 1.56 bits per heavy atom. The van der Waals surface area contributed by atoms with Gasteiger partial charge in [-0.1, -0.05) is 62.4 Å². The number of amides is 2. The van der Waals surface area contributed by atoms with Crippen molar-refractivity contribution in [2.75, 3.05) is 18.6 Å². The number of alkyl carbamates (subject to hydrolysis) is 1. The molecule has 1 unspecified atom stereocenters. The van der Waals surface area contributed by atoms with Crippen molar-refractivity contribution in [1.29, 1.82) is 0 Å². The Morgan fingerprint density at radius 3 is 2.09 bits per heavy atom. The van der Waals surface area contributed by atoms with Crippen molar-refractivity contribution in [1.82, 2.24) is 10.6 Å². The summed E-state index contributed by atoms with van der Waals surface area (Å²) < 4.78 is 5.57. The lowest BCUT2D eigenvalue weighted by molar-refractivity contribution is -0.142. The summed E-state index contributed by atoms with van der Waals surface area (Å²) in [7, 11) is 0. The Hall–Kier alpha value is -3.00. The van der Waals surface area contributed by atoms with Crippen LogP contribution in [0.25, 0.3) is 11.1 Å². The maximum absolute atomic E-state index is 12.8. The van der Waals surface area contributed by atoms with Gasteiger partial charge in [0.2, 0.25) is 5.91 Å². The second kappa shape index (κ2) is 11.9. The molecule has 7 nitrogen and oxygen atoms in total. The molecule has 8 heteroatoms. The number of hydrogen-bond acceptors (Lipinski definition) is 5. The van der Waals surface area contributed by atoms with Crippen molar-refractivity contribution >= 4 is 29.7 Å². The molecule has 2 aromatic rings. The summed E-state index contributed by atoms with van der Waals surface area (Å²) in [6.45, 7) is 4.01. The van der Waals surface area contributed by atoms with E-state index < -0.39 is 30.1 Å². The first-order chi connectivity index (χ1) is 16.3. The van der Waals surface area contributed by atoms with Gasteiger partial charge in [0.1, 0.15) is 18.7 Å². The molecule has 3 N–H and O–H groups in total. The number of carbonyl (C=O) groups is 3. The summed E-state index contributed by atoms with van der Waals surface area (Å²) in [4.78, 5) is 37.0. The van der Waals surface area contributed by atoms with Crippen LogP contribution in [0.5, 0.6) is 0 Å². The van der Waals surface area contributed by atoms with E-state index in [0.29, 0.717) is 18.6 Å². The van der Waals surface area contributed by atoms with Crippen LogP contribution in [0.3, 0.4) is 0 Å². The average molecular weight is 485 g/mol. The zero-order chi connectivity index (χ0) is 24.7. The van der Waals surface area contributed by atoms with Gasteiger partial charge in [-0.3, -0.25) is 4.79 Å². The number of rotatable bonds is 11. The SMILES string of the molecule is CSCCC(NC(=O)[C@@H](CC(C)C)NC(=O)OCC1c2ccccc2-c2ccccc21)C(=O)O. The van der Waals surface area contributed by atoms with Crippen LogP contribution in [0.4, 0.5) is 4.79 Å². The van der Waals surface area contributed by atoms with Crippen LogP contribution in [0, 0.1) is 5.92 Å². The Balaban J connectivity index is 1.65. The normalized spacial score (nSPS) is 14.1. The summed E-state index contributed by atoms with van der Waals surface area (Å²) in [5.74, 6) is -0.980. The molecule has 2 amide bonds. The molecular weight excluding hydrogens is 452 g/mol. The summed E-state index contributed by atoms with van der Waals surface area (Å²) in [6, 6.07) is 14.2. The van der Waals surface area contributed by atoms with Crippen molar-refractivity contribution in [3.05, 3.63) is 59.7 Å². The summed E-state index contributed by atoms with van der Waals surface area (Å²) in [5.41, 5.74) is 4.47. The van der Waals surface area contributed by atoms with Gasteiger partial charge in [0.15, 0.2) is 0 Å². The second-order valence-electron chi connectivity index (χ2n) is 8.83. The summed E-state index contributed by atoms with van der Waals surface area (Å²) >= 11 is 1.51. The standard InChI is InChI=1S/C26H32N2O5S/c1-16(2)14-23(24(29)27-22(25(30)31)12-13-34-3)28-26(32)33-15-21-19-10-6-4-8-17(19)18-9-5-7-11-20(18)21/h4-11,16,21-23H,12-15H2,1-3H3,(H,27,29)(H,28,32)(H,30,31)/t22?,23-/m1/s1. The molecule has 0 fully saturated rings. The Kier molecular flexibility index (Phi) is 8.98. The van der Waals surface area contributed by atoms with Crippen molar-refractivity contribution in [2.45, 2.75) is 44.7 Å². The Labute approximate surface area is 204 Å². The molecule has 0 radical (unpaired) electrons. The molecule has 2 aromatic carbocycles. The third-order valence-corrected chi connectivity index (χ3v) is 6.53. The van der Waals surface area contributed by atoms with Gasteiger partial charge in [-0.2, -0.15) is 11.8 Å². The molecule has 34 heavy (non-hydrogen) atoms. The first-order valence-corrected chi connectivity index (χ1v) is 12.8. The molecule has 182 valence electrons. The van der Waals surface area contributed by atoms with Crippen LogP contribution in [-0.4, -0.2) is 53.8 Å². The number of benzene rings is 2. The summed E-state index contributed by atoms with van der Waals surface area (Å²) in [6.07, 6.45) is 1.85. The zero-order valence-electron chi connectivity index (χ0n) is 19.7. The third kappa shape index (κ3) is 6.32. The molecule has 0 aromatic heterocycles. The maximum atomic E-state index is 12.8. The Bertz CT molecular complexity index is 980. The fourth-order valence-electron chi connectivity index (χ4n) is 4.25. The van der Waals surface area contributed by atoms with Crippen LogP contribution >= 0.6 is 11.8 Å². The lowest BCUT2D eigenvalue weighted by Crippen LogP contribution is -2.52. The number of carboxylic acid groups (broad SMARTS) is 1. The summed E-state index contributed by atoms with van der Waals surface area (Å²) in [5, 5.41) is 14.6. The highest BCUT2D eigenvalue weighted by Gasteiger charge is 2.31. The van der Waals surface area contributed by atoms with E-state index in [1.165, 1.54) is 11.8 Å². The minimum Gasteiger partial charge on any atom is -0.480 e. The fourth-order valence-corrected chi connectivity index (χ4v) is 4.72. The topological polar surface area (TPSA) is 105 Å². The highest BCUT2D eigenvalue weighted by Crippen LogP contribution is 2.44. The smallest absolute Gasteiger partial charge is 0.407 e. The molecular formula is C26H32N2O5S. The van der Waals surface area contributed by atoms with Gasteiger partial charge in [-0.25, -0.2) is 9.59 Å². The van der Waals surface area contributed by atoms with Crippen LogP contribution in [0.2, 0.25) is 0 Å². The van der Waals surface area contributed by atoms with E-state index in [1.54, 1.807) is 0 Å². The molecule has 1 aliphatic rings. The van der Waals surface area contributed by atoms with Gasteiger partial charge < -0.3 is 20.5 Å². The van der Waals surface area contributed by atoms with Crippen molar-refractivity contribution in [2.24, 2.45) is 5.92 Å². The monoisotopic (exact) mass is 484 g/mol. The van der Waals surface area contributed by atoms with E-state index >= 15 is 0 Å². The number of hydrogen-bond donors (Lipinski definition) is 3. The van der Waals surface area contributed by atoms with E-state index in [1.807, 2.05) is 56.5 Å². The largest absolute Gasteiger partial charge is 0.480 e. The molecule has 3 rings (SSSR count). The lowest BCUT2D eigenvalue weighted by Gasteiger charge is -2.23. The van der Waals surface area contributed by atoms with Crippen LogP contribution in [0.1, 0.15) is 43.7 Å². The molecule has 0 heterocycles. The van der Waals surface area contributed by atoms with E-state index in [4.69, 9.17) is 4.74 Å². The van der Waals surface area contributed by atoms with Gasteiger partial charge in [-0.15, -0.1) is 0 Å². The quantitative estimate of drug-likeness (QED) is 0.440. The van der Waals surface area contributed by atoms with Gasteiger partial charge in [0.05, 0.1) is 0 Å². The van der Waals surface area contributed by atoms with Crippen molar-refractivity contribution in [3.8, 4) is 11.1 Å². The van der Waals surface area contributed by atoms with Gasteiger partial charge in [-0.05, 0) is 53.0 Å². The molecule has 0 bridgehead atoms. The first-order valence-electron chi connectivity index (χ1n) is 11.5. The number of fused-ring (bicyclic) bond motifs is 3. The minimum absolute atomic E-state index is 0.0848. The Morgan fingerprint density at radius 1 is 0.971 bits per heavy atom. The minimum atomic E-state index is -1.09. The number of carboxylic acids is 1. The number of thioether (sulfide) groups is 1. The zero-order valence-corrected chi connectivity index (χ0v) is 20.6. The number of ether oxygens (including phenoxy) is 1.